The van der Waals surface area contributed by atoms with Crippen LogP contribution < -0.4 is 5.32 Å². The van der Waals surface area contributed by atoms with E-state index in [1.807, 2.05) is 0 Å². The summed E-state index contributed by atoms with van der Waals surface area (Å²) < 4.78 is 0. The van der Waals surface area contributed by atoms with Crippen LogP contribution in [0.2, 0.25) is 0 Å². The van der Waals surface area contributed by atoms with Gasteiger partial charge in [-0.05, 0) is 13.0 Å². The molecule has 0 saturated carbocycles. The zero-order valence-corrected chi connectivity index (χ0v) is 10.5. The molecule has 0 aliphatic carbocycles. The number of benzene rings is 1. The van der Waals surface area contributed by atoms with Gasteiger partial charge in [-0.2, -0.15) is 0 Å². The van der Waals surface area contributed by atoms with Crippen LogP contribution >= 0.6 is 0 Å². The van der Waals surface area contributed by atoms with Crippen molar-refractivity contribution in [3.63, 3.8) is 0 Å². The van der Waals surface area contributed by atoms with Crippen LogP contribution in [0.1, 0.15) is 5.56 Å². The molecule has 1 N–H and O–H groups in total. The van der Waals surface area contributed by atoms with E-state index in [9.17, 15) is 14.9 Å². The number of hydrogen-bond acceptors (Lipinski definition) is 4. The second kappa shape index (κ2) is 6.70. The third-order valence-corrected chi connectivity index (χ3v) is 2.53. The van der Waals surface area contributed by atoms with Gasteiger partial charge in [-0.3, -0.25) is 14.9 Å². The van der Waals surface area contributed by atoms with E-state index in [-0.39, 0.29) is 23.1 Å². The van der Waals surface area contributed by atoms with Crippen molar-refractivity contribution in [2.24, 2.45) is 0 Å². The summed E-state index contributed by atoms with van der Waals surface area (Å²) in [6.07, 6.45) is 0.526. The van der Waals surface area contributed by atoms with E-state index >= 15 is 0 Å². The summed E-state index contributed by atoms with van der Waals surface area (Å²) in [5.41, 5.74) is 0.797. The van der Waals surface area contributed by atoms with Gasteiger partial charge >= 0.3 is 0 Å². The molecule has 0 atom stereocenters. The molecule has 6 heteroatoms. The first kappa shape index (κ1) is 14.1. The summed E-state index contributed by atoms with van der Waals surface area (Å²) in [5.74, 6) is -0.0161. The van der Waals surface area contributed by atoms with Gasteiger partial charge in [-0.25, -0.2) is 0 Å². The average Bonchev–Trinajstić information content (AvgIpc) is 2.34. The number of amides is 1. The first-order valence-corrected chi connectivity index (χ1v) is 5.65. The van der Waals surface area contributed by atoms with E-state index < -0.39 is 0 Å². The fraction of sp³-hybridized carbons (Fsp3) is 0.417. The summed E-state index contributed by atoms with van der Waals surface area (Å²) in [5, 5.41) is 13.7. The zero-order valence-electron chi connectivity index (χ0n) is 10.5. The van der Waals surface area contributed by atoms with Crippen molar-refractivity contribution >= 4 is 11.6 Å². The summed E-state index contributed by atoms with van der Waals surface area (Å²) in [6.45, 7) is 0.776. The molecular formula is C12H17N3O3. The predicted molar refractivity (Wildman–Crippen MR) is 68.4 cm³/mol. The first-order chi connectivity index (χ1) is 8.52. The Hall–Kier alpha value is -1.95. The normalized spacial score (nSPS) is 10.1. The highest BCUT2D eigenvalue weighted by Gasteiger charge is 2.11. The summed E-state index contributed by atoms with van der Waals surface area (Å²) in [4.78, 5) is 23.2. The van der Waals surface area contributed by atoms with Crippen molar-refractivity contribution in [1.82, 2.24) is 10.2 Å². The van der Waals surface area contributed by atoms with Crippen LogP contribution in [0.5, 0.6) is 0 Å². The second-order valence-corrected chi connectivity index (χ2v) is 4.10. The van der Waals surface area contributed by atoms with Gasteiger partial charge < -0.3 is 10.2 Å². The van der Waals surface area contributed by atoms with Crippen LogP contribution in [-0.2, 0) is 11.2 Å². The molecule has 0 aromatic heterocycles. The molecule has 0 aliphatic rings. The molecule has 6 nitrogen and oxygen atoms in total. The number of nitrogens with one attached hydrogen (secondary N) is 1. The molecule has 1 aromatic rings. The number of carbonyl (C=O) groups excluding carboxylic acids is 1. The van der Waals surface area contributed by atoms with Gasteiger partial charge in [0.2, 0.25) is 5.91 Å². The highest BCUT2D eigenvalue weighted by molar-refractivity contribution is 5.77. The molecule has 0 aliphatic heterocycles. The number of nitro groups is 1. The summed E-state index contributed by atoms with van der Waals surface area (Å²) >= 11 is 0. The standard InChI is InChI=1S/C12H17N3O3/c1-14(2)12(16)9-13-8-7-10-5-3-4-6-11(10)15(17)18/h3-6,13H,7-9H2,1-2H3. The third kappa shape index (κ3) is 4.14. The predicted octanol–water partition coefficient (Wildman–Crippen LogP) is 0.815. The van der Waals surface area contributed by atoms with Gasteiger partial charge in [-0.15, -0.1) is 0 Å². The van der Waals surface area contributed by atoms with Gasteiger partial charge in [0.05, 0.1) is 11.5 Å². The van der Waals surface area contributed by atoms with Gasteiger partial charge in [0.1, 0.15) is 0 Å². The number of hydrogen-bond donors (Lipinski definition) is 1. The number of para-hydroxylation sites is 1. The van der Waals surface area contributed by atoms with Crippen LogP contribution in [0.25, 0.3) is 0 Å². The fourth-order valence-electron chi connectivity index (χ4n) is 1.48. The molecule has 18 heavy (non-hydrogen) atoms. The molecular weight excluding hydrogens is 234 g/mol. The van der Waals surface area contributed by atoms with Crippen molar-refractivity contribution in [1.29, 1.82) is 0 Å². The molecule has 0 unspecified atom stereocenters. The minimum absolute atomic E-state index is 0.0161. The van der Waals surface area contributed by atoms with E-state index in [1.165, 1.54) is 11.0 Å². The lowest BCUT2D eigenvalue weighted by Gasteiger charge is -2.10. The van der Waals surface area contributed by atoms with E-state index in [0.29, 0.717) is 18.5 Å². The summed E-state index contributed by atoms with van der Waals surface area (Å²) in [7, 11) is 3.37. The topological polar surface area (TPSA) is 75.5 Å². The Morgan fingerprint density at radius 3 is 2.67 bits per heavy atom. The van der Waals surface area contributed by atoms with Crippen LogP contribution in [0, 0.1) is 10.1 Å². The van der Waals surface area contributed by atoms with Crippen molar-refractivity contribution in [3.05, 3.63) is 39.9 Å². The number of nitro benzene ring substituents is 1. The van der Waals surface area contributed by atoms with E-state index in [2.05, 4.69) is 5.32 Å². The number of likely N-dealkylation sites (N-methyl/N-ethyl adjacent to an activating group) is 1. The Morgan fingerprint density at radius 2 is 2.06 bits per heavy atom. The Labute approximate surface area is 106 Å². The molecule has 0 heterocycles. The van der Waals surface area contributed by atoms with Crippen LogP contribution in [0.3, 0.4) is 0 Å². The minimum Gasteiger partial charge on any atom is -0.348 e. The SMILES string of the molecule is CN(C)C(=O)CNCCc1ccccc1[N+](=O)[O-]. The molecule has 98 valence electrons. The Balaban J connectivity index is 2.45. The fourth-order valence-corrected chi connectivity index (χ4v) is 1.48. The Morgan fingerprint density at radius 1 is 1.39 bits per heavy atom. The number of rotatable bonds is 6. The van der Waals surface area contributed by atoms with Crippen molar-refractivity contribution in [2.75, 3.05) is 27.2 Å². The summed E-state index contributed by atoms with van der Waals surface area (Å²) in [6, 6.07) is 6.63. The monoisotopic (exact) mass is 251 g/mol. The molecule has 1 rings (SSSR count). The van der Waals surface area contributed by atoms with Crippen LogP contribution in [0.4, 0.5) is 5.69 Å². The minimum atomic E-state index is -0.389. The van der Waals surface area contributed by atoms with Gasteiger partial charge in [0, 0.05) is 25.7 Å². The number of carbonyl (C=O) groups is 1. The van der Waals surface area contributed by atoms with Crippen LogP contribution in [-0.4, -0.2) is 42.9 Å². The second-order valence-electron chi connectivity index (χ2n) is 4.10. The molecule has 0 saturated heterocycles. The maximum atomic E-state index is 11.3. The van der Waals surface area contributed by atoms with Crippen LogP contribution in [0.15, 0.2) is 24.3 Å². The van der Waals surface area contributed by atoms with Gasteiger partial charge in [0.15, 0.2) is 0 Å². The highest BCUT2D eigenvalue weighted by Crippen LogP contribution is 2.17. The highest BCUT2D eigenvalue weighted by atomic mass is 16.6. The first-order valence-electron chi connectivity index (χ1n) is 5.65. The maximum Gasteiger partial charge on any atom is 0.272 e. The zero-order chi connectivity index (χ0) is 13.5. The van der Waals surface area contributed by atoms with Gasteiger partial charge in [-0.1, -0.05) is 18.2 Å². The Kier molecular flexibility index (Phi) is 5.26. The quantitative estimate of drug-likeness (QED) is 0.461. The lowest BCUT2D eigenvalue weighted by atomic mass is 10.1. The van der Waals surface area contributed by atoms with Crippen molar-refractivity contribution < 1.29 is 9.72 Å². The van der Waals surface area contributed by atoms with Crippen molar-refractivity contribution in [3.8, 4) is 0 Å². The largest absolute Gasteiger partial charge is 0.348 e. The molecule has 0 radical (unpaired) electrons. The maximum absolute atomic E-state index is 11.3. The lowest BCUT2D eigenvalue weighted by Crippen LogP contribution is -2.33. The molecule has 0 bridgehead atoms. The van der Waals surface area contributed by atoms with Crippen molar-refractivity contribution in [2.45, 2.75) is 6.42 Å². The lowest BCUT2D eigenvalue weighted by molar-refractivity contribution is -0.385. The smallest absolute Gasteiger partial charge is 0.272 e. The van der Waals surface area contributed by atoms with E-state index in [1.54, 1.807) is 32.3 Å². The molecule has 1 aromatic carbocycles. The molecule has 1 amide bonds. The van der Waals surface area contributed by atoms with E-state index in [0.717, 1.165) is 0 Å². The van der Waals surface area contributed by atoms with Gasteiger partial charge in [0.25, 0.3) is 5.69 Å². The third-order valence-electron chi connectivity index (χ3n) is 2.53. The van der Waals surface area contributed by atoms with E-state index in [4.69, 9.17) is 0 Å². The Bertz CT molecular complexity index is 432. The number of nitrogens with zero attached hydrogens (tertiary/aromatic N) is 2. The average molecular weight is 251 g/mol. The molecule has 0 spiro atoms. The molecule has 0 fully saturated rings.